The van der Waals surface area contributed by atoms with Gasteiger partial charge >= 0.3 is 0 Å². The maximum Gasteiger partial charge on any atom is 0.134 e. The quantitative estimate of drug-likeness (QED) is 0.843. The number of nitrogens with one attached hydrogen (secondary N) is 1. The number of aliphatic hydroxyl groups excluding tert-OH is 1. The summed E-state index contributed by atoms with van der Waals surface area (Å²) in [4.78, 5) is 19.8. The molecule has 1 saturated carbocycles. The molecule has 19 heavy (non-hydrogen) atoms. The first-order valence-corrected chi connectivity index (χ1v) is 6.64. The molecule has 2 rings (SSSR count). The van der Waals surface area contributed by atoms with Crippen LogP contribution in [-0.4, -0.2) is 34.0 Å². The first kappa shape index (κ1) is 13.9. The third-order valence-corrected chi connectivity index (χ3v) is 3.93. The molecule has 0 unspecified atom stereocenters. The minimum absolute atomic E-state index is 0.0846. The fourth-order valence-electron chi connectivity index (χ4n) is 2.54. The summed E-state index contributed by atoms with van der Waals surface area (Å²) in [6, 6.07) is 0. The van der Waals surface area contributed by atoms with E-state index in [9.17, 15) is 9.90 Å². The van der Waals surface area contributed by atoms with Gasteiger partial charge in [-0.1, -0.05) is 0 Å². The molecule has 5 nitrogen and oxygen atoms in total. The second-order valence-corrected chi connectivity index (χ2v) is 5.56. The van der Waals surface area contributed by atoms with Crippen LogP contribution in [0.1, 0.15) is 36.3 Å². The predicted octanol–water partition coefficient (Wildman–Crippen LogP) is 1.55. The van der Waals surface area contributed by atoms with Crippen molar-refractivity contribution in [2.24, 2.45) is 5.41 Å². The lowest BCUT2D eigenvalue weighted by molar-refractivity contribution is -0.135. The van der Waals surface area contributed by atoms with Crippen LogP contribution in [0, 0.1) is 26.2 Å². The van der Waals surface area contributed by atoms with Gasteiger partial charge in [-0.3, -0.25) is 4.79 Å². The highest BCUT2D eigenvalue weighted by Crippen LogP contribution is 2.40. The highest BCUT2D eigenvalue weighted by Gasteiger charge is 2.42. The fraction of sp³-hybridized carbons (Fsp3) is 0.643. The minimum atomic E-state index is -0.199. The lowest BCUT2D eigenvalue weighted by atomic mass is 9.66. The average Bonchev–Trinajstić information content (AvgIpc) is 2.32. The van der Waals surface area contributed by atoms with E-state index in [1.54, 1.807) is 0 Å². The molecule has 0 saturated heterocycles. The molecule has 5 heteroatoms. The normalized spacial score (nSPS) is 17.2. The maximum absolute atomic E-state index is 11.1. The van der Waals surface area contributed by atoms with Gasteiger partial charge in [0.25, 0.3) is 0 Å². The first-order valence-electron chi connectivity index (χ1n) is 6.64. The molecule has 0 radical (unpaired) electrons. The van der Waals surface area contributed by atoms with Crippen molar-refractivity contribution >= 4 is 11.6 Å². The van der Waals surface area contributed by atoms with Crippen molar-refractivity contribution < 1.29 is 9.90 Å². The lowest BCUT2D eigenvalue weighted by Crippen LogP contribution is -2.42. The van der Waals surface area contributed by atoms with E-state index >= 15 is 0 Å². The topological polar surface area (TPSA) is 75.1 Å². The minimum Gasteiger partial charge on any atom is -0.396 e. The van der Waals surface area contributed by atoms with Crippen molar-refractivity contribution in [2.45, 2.75) is 40.0 Å². The van der Waals surface area contributed by atoms with Gasteiger partial charge < -0.3 is 10.4 Å². The van der Waals surface area contributed by atoms with E-state index in [4.69, 9.17) is 0 Å². The zero-order chi connectivity index (χ0) is 14.0. The number of carbonyl (C=O) groups excluding carboxylic acids is 1. The number of aliphatic hydroxyl groups is 1. The molecule has 2 N–H and O–H groups in total. The van der Waals surface area contributed by atoms with Crippen LogP contribution in [-0.2, 0) is 4.79 Å². The Morgan fingerprint density at radius 2 is 1.95 bits per heavy atom. The van der Waals surface area contributed by atoms with Crippen LogP contribution in [0.3, 0.4) is 0 Å². The highest BCUT2D eigenvalue weighted by atomic mass is 16.3. The zero-order valence-electron chi connectivity index (χ0n) is 11.8. The number of Topliss-reactive ketones (excluding diaryl/α,β-unsaturated/α-hetero) is 1. The van der Waals surface area contributed by atoms with E-state index in [1.165, 1.54) is 0 Å². The monoisotopic (exact) mass is 263 g/mol. The van der Waals surface area contributed by atoms with Crippen molar-refractivity contribution in [1.82, 2.24) is 9.97 Å². The largest absolute Gasteiger partial charge is 0.396 e. The molecule has 1 aromatic rings. The molecule has 1 heterocycles. The van der Waals surface area contributed by atoms with Crippen LogP contribution in [0.5, 0.6) is 0 Å². The van der Waals surface area contributed by atoms with Crippen molar-refractivity contribution in [3.05, 3.63) is 17.1 Å². The Morgan fingerprint density at radius 3 is 2.53 bits per heavy atom. The fourth-order valence-corrected chi connectivity index (χ4v) is 2.54. The zero-order valence-corrected chi connectivity index (χ0v) is 11.8. The first-order chi connectivity index (χ1) is 8.96. The van der Waals surface area contributed by atoms with Gasteiger partial charge in [0.15, 0.2) is 0 Å². The molecule has 104 valence electrons. The second kappa shape index (κ2) is 5.25. The SMILES string of the molecule is Cc1nc(C)c(C)c(NCCC2(CO)CC(=O)C2)n1. The van der Waals surface area contributed by atoms with Gasteiger partial charge in [0.05, 0.1) is 0 Å². The Morgan fingerprint density at radius 1 is 1.26 bits per heavy atom. The average molecular weight is 263 g/mol. The van der Waals surface area contributed by atoms with Gasteiger partial charge in [0, 0.05) is 42.7 Å². The number of aryl methyl sites for hydroxylation is 2. The standard InChI is InChI=1S/C14H21N3O2/c1-9-10(2)16-11(3)17-13(9)15-5-4-14(8-18)6-12(19)7-14/h18H,4-8H2,1-3H3,(H,15,16,17). The van der Waals surface area contributed by atoms with Gasteiger partial charge in [-0.2, -0.15) is 0 Å². The Balaban J connectivity index is 1.94. The molecule has 0 bridgehead atoms. The van der Waals surface area contributed by atoms with Gasteiger partial charge in [0.1, 0.15) is 17.4 Å². The number of carbonyl (C=O) groups is 1. The number of hydrogen-bond donors (Lipinski definition) is 2. The number of anilines is 1. The van der Waals surface area contributed by atoms with E-state index in [0.29, 0.717) is 19.4 Å². The number of nitrogens with zero attached hydrogens (tertiary/aromatic N) is 2. The number of ketones is 1. The summed E-state index contributed by atoms with van der Waals surface area (Å²) in [7, 11) is 0. The van der Waals surface area contributed by atoms with Gasteiger partial charge in [-0.25, -0.2) is 9.97 Å². The van der Waals surface area contributed by atoms with Crippen LogP contribution >= 0.6 is 0 Å². The number of aromatic nitrogens is 2. The Labute approximate surface area is 113 Å². The van der Waals surface area contributed by atoms with Gasteiger partial charge in [-0.05, 0) is 27.2 Å². The van der Waals surface area contributed by atoms with Crippen LogP contribution in [0.15, 0.2) is 0 Å². The van der Waals surface area contributed by atoms with Gasteiger partial charge in [0.2, 0.25) is 0 Å². The third-order valence-electron chi connectivity index (χ3n) is 3.93. The Hall–Kier alpha value is -1.49. The van der Waals surface area contributed by atoms with E-state index in [0.717, 1.165) is 29.3 Å². The summed E-state index contributed by atoms with van der Waals surface area (Å²) < 4.78 is 0. The van der Waals surface area contributed by atoms with E-state index in [-0.39, 0.29) is 17.8 Å². The molecule has 0 aromatic carbocycles. The van der Waals surface area contributed by atoms with E-state index in [1.807, 2.05) is 20.8 Å². The molecule has 1 aliphatic rings. The smallest absolute Gasteiger partial charge is 0.134 e. The Bertz CT molecular complexity index is 492. The van der Waals surface area contributed by atoms with Crippen molar-refractivity contribution in [3.63, 3.8) is 0 Å². The van der Waals surface area contributed by atoms with Crippen LogP contribution in [0.4, 0.5) is 5.82 Å². The Kier molecular flexibility index (Phi) is 3.85. The molecule has 0 atom stereocenters. The highest BCUT2D eigenvalue weighted by molar-refractivity contribution is 5.86. The third kappa shape index (κ3) is 2.92. The molecule has 0 aliphatic heterocycles. The van der Waals surface area contributed by atoms with E-state index in [2.05, 4.69) is 15.3 Å². The molecule has 0 amide bonds. The van der Waals surface area contributed by atoms with Gasteiger partial charge in [-0.15, -0.1) is 0 Å². The molecular weight excluding hydrogens is 242 g/mol. The molecule has 1 aliphatic carbocycles. The van der Waals surface area contributed by atoms with Crippen molar-refractivity contribution in [1.29, 1.82) is 0 Å². The van der Waals surface area contributed by atoms with Crippen LogP contribution < -0.4 is 5.32 Å². The molecule has 1 fully saturated rings. The lowest BCUT2D eigenvalue weighted by Gasteiger charge is -2.38. The number of rotatable bonds is 5. The summed E-state index contributed by atoms with van der Waals surface area (Å²) in [5.41, 5.74) is 1.83. The molecule has 0 spiro atoms. The second-order valence-electron chi connectivity index (χ2n) is 5.56. The number of hydrogen-bond acceptors (Lipinski definition) is 5. The van der Waals surface area contributed by atoms with Crippen LogP contribution in [0.25, 0.3) is 0 Å². The van der Waals surface area contributed by atoms with E-state index < -0.39 is 0 Å². The predicted molar refractivity (Wildman–Crippen MR) is 73.1 cm³/mol. The summed E-state index contributed by atoms with van der Waals surface area (Å²) in [5, 5.41) is 12.7. The maximum atomic E-state index is 11.1. The summed E-state index contributed by atoms with van der Waals surface area (Å²) in [6.07, 6.45) is 1.80. The molecular formula is C14H21N3O2. The van der Waals surface area contributed by atoms with Crippen LogP contribution in [0.2, 0.25) is 0 Å². The van der Waals surface area contributed by atoms with Crippen molar-refractivity contribution in [2.75, 3.05) is 18.5 Å². The summed E-state index contributed by atoms with van der Waals surface area (Å²) in [5.74, 6) is 1.85. The summed E-state index contributed by atoms with van der Waals surface area (Å²) in [6.45, 7) is 6.63. The van der Waals surface area contributed by atoms with Crippen molar-refractivity contribution in [3.8, 4) is 0 Å². The molecule has 1 aromatic heterocycles. The summed E-state index contributed by atoms with van der Waals surface area (Å²) >= 11 is 0.